The zero-order chi connectivity index (χ0) is 16.2. The van der Waals surface area contributed by atoms with Crippen molar-refractivity contribution in [1.29, 1.82) is 0 Å². The number of hydrogen-bond acceptors (Lipinski definition) is 3. The Morgan fingerprint density at radius 1 is 1.35 bits per heavy atom. The van der Waals surface area contributed by atoms with E-state index in [0.717, 1.165) is 12.1 Å². The molecule has 0 bridgehead atoms. The molecule has 1 unspecified atom stereocenters. The van der Waals surface area contributed by atoms with Gasteiger partial charge in [-0.2, -0.15) is 5.10 Å². The van der Waals surface area contributed by atoms with Gasteiger partial charge in [0.2, 0.25) is 5.91 Å². The average molecular weight is 312 g/mol. The van der Waals surface area contributed by atoms with Gasteiger partial charge in [0, 0.05) is 31.0 Å². The summed E-state index contributed by atoms with van der Waals surface area (Å²) in [7, 11) is 0. The first kappa shape index (κ1) is 15.3. The van der Waals surface area contributed by atoms with Gasteiger partial charge in [-0.25, -0.2) is 4.68 Å². The third kappa shape index (κ3) is 3.11. The number of nitrogens with one attached hydrogen (secondary N) is 1. The molecule has 1 saturated heterocycles. The van der Waals surface area contributed by atoms with Crippen molar-refractivity contribution < 1.29 is 9.59 Å². The van der Waals surface area contributed by atoms with Gasteiger partial charge in [-0.15, -0.1) is 0 Å². The van der Waals surface area contributed by atoms with Crippen molar-refractivity contribution in [3.63, 3.8) is 0 Å². The normalized spacial score (nSPS) is 17.9. The van der Waals surface area contributed by atoms with Crippen LogP contribution in [0.2, 0.25) is 0 Å². The molecule has 0 saturated carbocycles. The maximum absolute atomic E-state index is 12.8. The summed E-state index contributed by atoms with van der Waals surface area (Å²) in [6.07, 6.45) is 5.10. The van der Waals surface area contributed by atoms with Crippen LogP contribution >= 0.6 is 0 Å². The number of rotatable bonds is 4. The van der Waals surface area contributed by atoms with Crippen LogP contribution < -0.4 is 5.32 Å². The molecule has 120 valence electrons. The predicted molar refractivity (Wildman–Crippen MR) is 86.3 cm³/mol. The smallest absolute Gasteiger partial charge is 0.254 e. The molecule has 1 aromatic heterocycles. The number of carbonyl (C=O) groups is 2. The topological polar surface area (TPSA) is 67.2 Å². The van der Waals surface area contributed by atoms with Gasteiger partial charge in [0.25, 0.3) is 5.91 Å². The summed E-state index contributed by atoms with van der Waals surface area (Å²) >= 11 is 0. The summed E-state index contributed by atoms with van der Waals surface area (Å²) in [5.74, 6) is -0.148. The molecule has 1 aliphatic heterocycles. The number of amides is 2. The van der Waals surface area contributed by atoms with E-state index in [9.17, 15) is 9.59 Å². The van der Waals surface area contributed by atoms with Gasteiger partial charge in [0.1, 0.15) is 6.04 Å². The molecule has 0 radical (unpaired) electrons. The van der Waals surface area contributed by atoms with E-state index >= 15 is 0 Å². The second kappa shape index (κ2) is 6.64. The minimum absolute atomic E-state index is 0.0559. The molecule has 0 spiro atoms. The quantitative estimate of drug-likeness (QED) is 0.933. The van der Waals surface area contributed by atoms with E-state index in [2.05, 4.69) is 10.4 Å². The Morgan fingerprint density at radius 3 is 2.78 bits per heavy atom. The molecule has 1 N–H and O–H groups in total. The second-order valence-electron chi connectivity index (χ2n) is 5.59. The lowest BCUT2D eigenvalue weighted by Crippen LogP contribution is -2.57. The fraction of sp³-hybridized carbons (Fsp3) is 0.353. The van der Waals surface area contributed by atoms with E-state index in [-0.39, 0.29) is 17.9 Å². The highest BCUT2D eigenvalue weighted by atomic mass is 16.2. The Balaban J connectivity index is 1.80. The Hall–Kier alpha value is -2.63. The first-order valence-electron chi connectivity index (χ1n) is 7.89. The third-order valence-corrected chi connectivity index (χ3v) is 4.04. The zero-order valence-corrected chi connectivity index (χ0v) is 13.1. The van der Waals surface area contributed by atoms with E-state index in [1.807, 2.05) is 31.3 Å². The molecule has 2 amide bonds. The van der Waals surface area contributed by atoms with Crippen LogP contribution in [0.3, 0.4) is 0 Å². The molecule has 1 fully saturated rings. The maximum atomic E-state index is 12.8. The average Bonchev–Trinajstić information content (AvgIpc) is 3.11. The first-order valence-corrected chi connectivity index (χ1v) is 7.89. The number of piperazine rings is 1. The lowest BCUT2D eigenvalue weighted by Gasteiger charge is -2.35. The van der Waals surface area contributed by atoms with Crippen LogP contribution in [0.25, 0.3) is 5.69 Å². The van der Waals surface area contributed by atoms with Crippen LogP contribution in [0.4, 0.5) is 0 Å². The molecule has 0 aliphatic carbocycles. The van der Waals surface area contributed by atoms with Crippen LogP contribution in [0.1, 0.15) is 30.1 Å². The first-order chi connectivity index (χ1) is 11.2. The molecule has 1 aromatic carbocycles. The number of hydrogen-bond donors (Lipinski definition) is 1. The molecule has 1 atom stereocenters. The molecule has 23 heavy (non-hydrogen) atoms. The summed E-state index contributed by atoms with van der Waals surface area (Å²) in [6.45, 7) is 3.08. The van der Waals surface area contributed by atoms with Gasteiger partial charge in [-0.3, -0.25) is 9.59 Å². The summed E-state index contributed by atoms with van der Waals surface area (Å²) in [4.78, 5) is 26.5. The van der Waals surface area contributed by atoms with Crippen molar-refractivity contribution in [1.82, 2.24) is 20.0 Å². The summed E-state index contributed by atoms with van der Waals surface area (Å²) in [5.41, 5.74) is 1.49. The molecule has 1 aliphatic rings. The summed E-state index contributed by atoms with van der Waals surface area (Å²) in [6, 6.07) is 8.77. The van der Waals surface area contributed by atoms with E-state index < -0.39 is 0 Å². The fourth-order valence-corrected chi connectivity index (χ4v) is 2.86. The largest absolute Gasteiger partial charge is 0.353 e. The predicted octanol–water partition coefficient (Wildman–Crippen LogP) is 1.61. The number of nitrogens with zero attached hydrogens (tertiary/aromatic N) is 3. The summed E-state index contributed by atoms with van der Waals surface area (Å²) < 4.78 is 1.74. The Morgan fingerprint density at radius 2 is 2.13 bits per heavy atom. The molecule has 3 rings (SSSR count). The summed E-state index contributed by atoms with van der Waals surface area (Å²) in [5, 5.41) is 7.00. The highest BCUT2D eigenvalue weighted by Crippen LogP contribution is 2.16. The van der Waals surface area contributed by atoms with E-state index in [4.69, 9.17) is 0 Å². The van der Waals surface area contributed by atoms with Crippen LogP contribution in [-0.4, -0.2) is 45.6 Å². The minimum atomic E-state index is -0.368. The third-order valence-electron chi connectivity index (χ3n) is 4.04. The van der Waals surface area contributed by atoms with Crippen molar-refractivity contribution in [3.05, 3.63) is 48.3 Å². The lowest BCUT2D eigenvalue weighted by atomic mass is 10.0. The maximum Gasteiger partial charge on any atom is 0.254 e. The van der Waals surface area contributed by atoms with Crippen molar-refractivity contribution in [2.24, 2.45) is 0 Å². The zero-order valence-electron chi connectivity index (χ0n) is 13.1. The molecular weight excluding hydrogens is 292 g/mol. The van der Waals surface area contributed by atoms with Crippen LogP contribution in [0.5, 0.6) is 0 Å². The minimum Gasteiger partial charge on any atom is -0.353 e. The SMILES string of the molecule is CCCC1C(=O)NCCN1C(=O)c1ccc(-n2cccn2)cc1. The molecule has 6 heteroatoms. The fourth-order valence-electron chi connectivity index (χ4n) is 2.86. The van der Waals surface area contributed by atoms with Crippen molar-refractivity contribution in [3.8, 4) is 5.69 Å². The van der Waals surface area contributed by atoms with Crippen molar-refractivity contribution >= 4 is 11.8 Å². The van der Waals surface area contributed by atoms with Crippen LogP contribution in [-0.2, 0) is 4.79 Å². The monoisotopic (exact) mass is 312 g/mol. The van der Waals surface area contributed by atoms with E-state index in [1.165, 1.54) is 0 Å². The van der Waals surface area contributed by atoms with Gasteiger partial charge in [-0.05, 0) is 36.8 Å². The molecule has 2 heterocycles. The van der Waals surface area contributed by atoms with Crippen LogP contribution in [0, 0.1) is 0 Å². The Labute approximate surface area is 135 Å². The van der Waals surface area contributed by atoms with Crippen molar-refractivity contribution in [2.75, 3.05) is 13.1 Å². The van der Waals surface area contributed by atoms with E-state index in [0.29, 0.717) is 25.1 Å². The lowest BCUT2D eigenvalue weighted by molar-refractivity contribution is -0.128. The van der Waals surface area contributed by atoms with Gasteiger partial charge in [0.05, 0.1) is 5.69 Å². The highest BCUT2D eigenvalue weighted by Gasteiger charge is 2.32. The highest BCUT2D eigenvalue weighted by molar-refractivity contribution is 5.98. The number of carbonyl (C=O) groups excluding carboxylic acids is 2. The number of benzene rings is 1. The van der Waals surface area contributed by atoms with Gasteiger partial charge < -0.3 is 10.2 Å². The Kier molecular flexibility index (Phi) is 4.41. The molecular formula is C17H20N4O2. The molecule has 6 nitrogen and oxygen atoms in total. The Bertz CT molecular complexity index is 679. The van der Waals surface area contributed by atoms with Gasteiger partial charge >= 0.3 is 0 Å². The van der Waals surface area contributed by atoms with Crippen LogP contribution in [0.15, 0.2) is 42.7 Å². The standard InChI is InChI=1S/C17H20N4O2/c1-2-4-15-16(22)18-10-12-20(15)17(23)13-5-7-14(8-6-13)21-11-3-9-19-21/h3,5-9,11,15H,2,4,10,12H2,1H3,(H,18,22). The number of aromatic nitrogens is 2. The van der Waals surface area contributed by atoms with E-state index in [1.54, 1.807) is 27.9 Å². The van der Waals surface area contributed by atoms with Gasteiger partial charge in [-0.1, -0.05) is 13.3 Å². The molecule has 2 aromatic rings. The van der Waals surface area contributed by atoms with Gasteiger partial charge in [0.15, 0.2) is 0 Å². The second-order valence-corrected chi connectivity index (χ2v) is 5.59. The van der Waals surface area contributed by atoms with Crippen molar-refractivity contribution in [2.45, 2.75) is 25.8 Å².